The highest BCUT2D eigenvalue weighted by molar-refractivity contribution is 5.55. The number of nitrogen functional groups attached to an aromatic ring is 1. The van der Waals surface area contributed by atoms with Gasteiger partial charge < -0.3 is 10.6 Å². The highest BCUT2D eigenvalue weighted by Gasteiger charge is 2.19. The second-order valence-electron chi connectivity index (χ2n) is 4.54. The van der Waals surface area contributed by atoms with Crippen LogP contribution in [0.3, 0.4) is 0 Å². The van der Waals surface area contributed by atoms with Gasteiger partial charge in [0.25, 0.3) is 0 Å². The minimum atomic E-state index is 0.844. The summed E-state index contributed by atoms with van der Waals surface area (Å²) >= 11 is 0. The van der Waals surface area contributed by atoms with E-state index in [1.165, 1.54) is 16.8 Å². The molecule has 17 heavy (non-hydrogen) atoms. The largest absolute Gasteiger partial charge is 0.399 e. The summed E-state index contributed by atoms with van der Waals surface area (Å²) < 4.78 is 0. The molecular weight excluding hydrogens is 210 g/mol. The van der Waals surface area contributed by atoms with Crippen molar-refractivity contribution in [1.29, 1.82) is 0 Å². The monoisotopic (exact) mass is 225 g/mol. The number of pyridine rings is 1. The maximum atomic E-state index is 5.81. The molecule has 1 aliphatic heterocycles. The van der Waals surface area contributed by atoms with Gasteiger partial charge in [0.1, 0.15) is 0 Å². The number of fused-ring (bicyclic) bond motifs is 1. The highest BCUT2D eigenvalue weighted by atomic mass is 15.1. The maximum Gasteiger partial charge on any atom is 0.0437 e. The molecule has 3 rings (SSSR count). The minimum absolute atomic E-state index is 0.844. The van der Waals surface area contributed by atoms with Crippen molar-refractivity contribution in [2.75, 3.05) is 10.6 Å². The number of nitrogens with two attached hydrogens (primary N) is 1. The zero-order valence-electron chi connectivity index (χ0n) is 9.85. The number of anilines is 2. The second-order valence-corrected chi connectivity index (χ2v) is 4.54. The van der Waals surface area contributed by atoms with Gasteiger partial charge in [-0.25, -0.2) is 0 Å². The van der Waals surface area contributed by atoms with Crippen LogP contribution in [0.25, 0.3) is 0 Å². The molecule has 0 aliphatic carbocycles. The predicted molar refractivity (Wildman–Crippen MR) is 69.7 cm³/mol. The summed E-state index contributed by atoms with van der Waals surface area (Å²) in [5.74, 6) is 0. The third-order valence-electron chi connectivity index (χ3n) is 3.20. The summed E-state index contributed by atoms with van der Waals surface area (Å²) in [6.45, 7) is 3.91. The summed E-state index contributed by atoms with van der Waals surface area (Å²) in [4.78, 5) is 6.57. The molecule has 0 saturated heterocycles. The van der Waals surface area contributed by atoms with Crippen molar-refractivity contribution in [3.05, 3.63) is 53.3 Å². The molecule has 86 valence electrons. The lowest BCUT2D eigenvalue weighted by atomic mass is 10.1. The van der Waals surface area contributed by atoms with Crippen molar-refractivity contribution >= 4 is 11.4 Å². The van der Waals surface area contributed by atoms with Crippen LogP contribution in [-0.2, 0) is 13.1 Å². The van der Waals surface area contributed by atoms with E-state index in [4.69, 9.17) is 5.73 Å². The van der Waals surface area contributed by atoms with Crippen molar-refractivity contribution in [3.8, 4) is 0 Å². The average molecular weight is 225 g/mol. The Kier molecular flexibility index (Phi) is 2.25. The average Bonchev–Trinajstić information content (AvgIpc) is 2.72. The van der Waals surface area contributed by atoms with Gasteiger partial charge in [-0.15, -0.1) is 0 Å². The predicted octanol–water partition coefficient (Wildman–Crippen LogP) is 2.49. The lowest BCUT2D eigenvalue weighted by Crippen LogP contribution is -2.14. The SMILES string of the molecule is Cc1cc(N2Cc3ccc(N)cc3C2)ccn1. The molecule has 3 nitrogen and oxygen atoms in total. The zero-order chi connectivity index (χ0) is 11.8. The Labute approximate surface area is 101 Å². The molecule has 0 spiro atoms. The highest BCUT2D eigenvalue weighted by Crippen LogP contribution is 2.29. The Balaban J connectivity index is 1.91. The smallest absolute Gasteiger partial charge is 0.0437 e. The lowest BCUT2D eigenvalue weighted by Gasteiger charge is -2.17. The first kappa shape index (κ1) is 10.1. The number of aryl methyl sites for hydroxylation is 1. The molecule has 2 aromatic rings. The molecule has 2 N–H and O–H groups in total. The Morgan fingerprint density at radius 1 is 1.12 bits per heavy atom. The fourth-order valence-electron chi connectivity index (χ4n) is 2.32. The fourth-order valence-corrected chi connectivity index (χ4v) is 2.32. The van der Waals surface area contributed by atoms with Crippen molar-refractivity contribution in [1.82, 2.24) is 4.98 Å². The van der Waals surface area contributed by atoms with E-state index in [0.717, 1.165) is 24.5 Å². The van der Waals surface area contributed by atoms with E-state index in [0.29, 0.717) is 0 Å². The van der Waals surface area contributed by atoms with Crippen molar-refractivity contribution < 1.29 is 0 Å². The first-order chi connectivity index (χ1) is 8.22. The molecular formula is C14H15N3. The standard InChI is InChI=1S/C14H15N3/c1-10-6-14(4-5-16-10)17-8-11-2-3-13(15)7-12(11)9-17/h2-7H,8-9,15H2,1H3. The van der Waals surface area contributed by atoms with E-state index in [-0.39, 0.29) is 0 Å². The van der Waals surface area contributed by atoms with Gasteiger partial charge in [-0.3, -0.25) is 4.98 Å². The molecule has 0 fully saturated rings. The molecule has 0 atom stereocenters. The Bertz CT molecular complexity index is 563. The zero-order valence-corrected chi connectivity index (χ0v) is 9.85. The molecule has 0 saturated carbocycles. The number of hydrogen-bond donors (Lipinski definition) is 1. The minimum Gasteiger partial charge on any atom is -0.399 e. The summed E-state index contributed by atoms with van der Waals surface area (Å²) in [6, 6.07) is 10.3. The second kappa shape index (κ2) is 3.77. The molecule has 1 aliphatic rings. The van der Waals surface area contributed by atoms with Gasteiger partial charge in [0.2, 0.25) is 0 Å². The van der Waals surface area contributed by atoms with Crippen molar-refractivity contribution in [3.63, 3.8) is 0 Å². The normalized spacial score (nSPS) is 13.8. The van der Waals surface area contributed by atoms with Crippen LogP contribution in [0.1, 0.15) is 16.8 Å². The third kappa shape index (κ3) is 1.84. The Morgan fingerprint density at radius 3 is 2.76 bits per heavy atom. The number of aromatic nitrogens is 1. The summed E-state index contributed by atoms with van der Waals surface area (Å²) in [5, 5.41) is 0. The Hall–Kier alpha value is -2.03. The van der Waals surface area contributed by atoms with E-state index >= 15 is 0 Å². The lowest BCUT2D eigenvalue weighted by molar-refractivity contribution is 0.876. The van der Waals surface area contributed by atoms with Gasteiger partial charge in [-0.05, 0) is 42.3 Å². The van der Waals surface area contributed by atoms with Crippen LogP contribution in [0.4, 0.5) is 11.4 Å². The summed E-state index contributed by atoms with van der Waals surface area (Å²) in [5.41, 5.74) is 11.6. The summed E-state index contributed by atoms with van der Waals surface area (Å²) in [7, 11) is 0. The van der Waals surface area contributed by atoms with E-state index in [9.17, 15) is 0 Å². The van der Waals surface area contributed by atoms with Gasteiger partial charge in [0.15, 0.2) is 0 Å². The van der Waals surface area contributed by atoms with Crippen LogP contribution < -0.4 is 10.6 Å². The molecule has 0 bridgehead atoms. The van der Waals surface area contributed by atoms with Gasteiger partial charge in [-0.1, -0.05) is 6.07 Å². The molecule has 1 aromatic heterocycles. The van der Waals surface area contributed by atoms with E-state index in [2.05, 4.69) is 34.1 Å². The van der Waals surface area contributed by atoms with Crippen LogP contribution >= 0.6 is 0 Å². The number of benzene rings is 1. The number of nitrogens with zero attached hydrogens (tertiary/aromatic N) is 2. The van der Waals surface area contributed by atoms with E-state index in [1.807, 2.05) is 19.2 Å². The van der Waals surface area contributed by atoms with Crippen LogP contribution in [0.5, 0.6) is 0 Å². The van der Waals surface area contributed by atoms with E-state index in [1.54, 1.807) is 0 Å². The van der Waals surface area contributed by atoms with E-state index < -0.39 is 0 Å². The Morgan fingerprint density at radius 2 is 1.94 bits per heavy atom. The first-order valence-corrected chi connectivity index (χ1v) is 5.77. The first-order valence-electron chi connectivity index (χ1n) is 5.77. The maximum absolute atomic E-state index is 5.81. The molecule has 3 heteroatoms. The molecule has 0 unspecified atom stereocenters. The topological polar surface area (TPSA) is 42.1 Å². The van der Waals surface area contributed by atoms with Crippen LogP contribution in [0, 0.1) is 6.92 Å². The number of rotatable bonds is 1. The number of hydrogen-bond acceptors (Lipinski definition) is 3. The molecule has 2 heterocycles. The summed E-state index contributed by atoms with van der Waals surface area (Å²) in [6.07, 6.45) is 1.86. The van der Waals surface area contributed by atoms with Crippen LogP contribution in [-0.4, -0.2) is 4.98 Å². The quantitative estimate of drug-likeness (QED) is 0.758. The molecule has 1 aromatic carbocycles. The van der Waals surface area contributed by atoms with Gasteiger partial charge in [-0.2, -0.15) is 0 Å². The van der Waals surface area contributed by atoms with Gasteiger partial charge in [0, 0.05) is 36.4 Å². The van der Waals surface area contributed by atoms with Crippen LogP contribution in [0.2, 0.25) is 0 Å². The van der Waals surface area contributed by atoms with Crippen LogP contribution in [0.15, 0.2) is 36.5 Å². The van der Waals surface area contributed by atoms with Gasteiger partial charge >= 0.3 is 0 Å². The molecule has 0 radical (unpaired) electrons. The van der Waals surface area contributed by atoms with Gasteiger partial charge in [0.05, 0.1) is 0 Å². The van der Waals surface area contributed by atoms with Crippen molar-refractivity contribution in [2.45, 2.75) is 20.0 Å². The molecule has 0 amide bonds. The fraction of sp³-hybridized carbons (Fsp3) is 0.214. The van der Waals surface area contributed by atoms with Crippen molar-refractivity contribution in [2.24, 2.45) is 0 Å². The third-order valence-corrected chi connectivity index (χ3v) is 3.20.